The van der Waals surface area contributed by atoms with Crippen LogP contribution in [0.3, 0.4) is 0 Å². The van der Waals surface area contributed by atoms with E-state index in [2.05, 4.69) is 40.6 Å². The van der Waals surface area contributed by atoms with E-state index in [1.165, 1.54) is 21.7 Å². The Labute approximate surface area is 218 Å². The lowest BCUT2D eigenvalue weighted by atomic mass is 10.1. The average Bonchev–Trinajstić information content (AvgIpc) is 3.31. The number of rotatable bonds is 12. The fourth-order valence-electron chi connectivity index (χ4n) is 3.97. The van der Waals surface area contributed by atoms with E-state index in [0.717, 1.165) is 5.56 Å². The monoisotopic (exact) mass is 521 g/mol. The number of anilines is 2. The standard InChI is InChI=1S/C28H28FN3O4S/c1-18-5-4-8-25-27(18)21(17-37-25)16-31-23-10-9-20(15-24(23)32-36-14-12-26(33)34)28(35)30-13-11-19-6-2-3-7-22(19)29/h2-10,15,17,31-32H,11-14,16H2,1H3,(H,30,35)(H,33,34). The minimum atomic E-state index is -0.970. The summed E-state index contributed by atoms with van der Waals surface area (Å²) in [6.45, 7) is 2.88. The minimum Gasteiger partial charge on any atom is -0.481 e. The third-order valence-electron chi connectivity index (χ3n) is 5.87. The summed E-state index contributed by atoms with van der Waals surface area (Å²) in [4.78, 5) is 28.9. The summed E-state index contributed by atoms with van der Waals surface area (Å²) in [7, 11) is 0. The molecule has 0 saturated heterocycles. The van der Waals surface area contributed by atoms with Crippen molar-refractivity contribution in [3.63, 3.8) is 0 Å². The van der Waals surface area contributed by atoms with Crippen LogP contribution in [0, 0.1) is 12.7 Å². The van der Waals surface area contributed by atoms with Crippen molar-refractivity contribution in [2.24, 2.45) is 0 Å². The summed E-state index contributed by atoms with van der Waals surface area (Å²) in [5.74, 6) is -1.58. The Morgan fingerprint density at radius 3 is 2.68 bits per heavy atom. The highest BCUT2D eigenvalue weighted by Gasteiger charge is 2.12. The van der Waals surface area contributed by atoms with Gasteiger partial charge in [0.2, 0.25) is 0 Å². The van der Waals surface area contributed by atoms with Crippen molar-refractivity contribution in [3.05, 3.63) is 94.1 Å². The number of fused-ring (bicyclic) bond motifs is 1. The Balaban J connectivity index is 1.45. The van der Waals surface area contributed by atoms with E-state index < -0.39 is 5.97 Å². The van der Waals surface area contributed by atoms with Crippen LogP contribution >= 0.6 is 11.3 Å². The van der Waals surface area contributed by atoms with Gasteiger partial charge in [0, 0.05) is 28.7 Å². The van der Waals surface area contributed by atoms with Crippen LogP contribution < -0.4 is 16.1 Å². The lowest BCUT2D eigenvalue weighted by Gasteiger charge is -2.15. The molecule has 3 aromatic carbocycles. The van der Waals surface area contributed by atoms with Gasteiger partial charge in [0.05, 0.1) is 24.4 Å². The molecule has 0 saturated carbocycles. The van der Waals surface area contributed by atoms with Crippen molar-refractivity contribution in [2.75, 3.05) is 23.9 Å². The predicted octanol–water partition coefficient (Wildman–Crippen LogP) is 5.75. The van der Waals surface area contributed by atoms with E-state index in [4.69, 9.17) is 9.94 Å². The number of carbonyl (C=O) groups excluding carboxylic acids is 1. The molecular weight excluding hydrogens is 493 g/mol. The molecule has 0 aliphatic carbocycles. The van der Waals surface area contributed by atoms with Gasteiger partial charge in [0.15, 0.2) is 0 Å². The van der Waals surface area contributed by atoms with Crippen molar-refractivity contribution in [2.45, 2.75) is 26.3 Å². The van der Waals surface area contributed by atoms with E-state index in [1.54, 1.807) is 47.7 Å². The Morgan fingerprint density at radius 2 is 1.86 bits per heavy atom. The highest BCUT2D eigenvalue weighted by atomic mass is 32.1. The normalized spacial score (nSPS) is 10.9. The van der Waals surface area contributed by atoms with E-state index in [9.17, 15) is 14.0 Å². The average molecular weight is 522 g/mol. The van der Waals surface area contributed by atoms with Gasteiger partial charge in [-0.15, -0.1) is 11.3 Å². The number of aryl methyl sites for hydroxylation is 1. The molecule has 9 heteroatoms. The molecule has 0 fully saturated rings. The first-order chi connectivity index (χ1) is 17.9. The molecule has 0 unspecified atom stereocenters. The number of thiophene rings is 1. The molecule has 1 heterocycles. The molecule has 1 aromatic heterocycles. The zero-order valence-corrected chi connectivity index (χ0v) is 21.2. The van der Waals surface area contributed by atoms with Gasteiger partial charge in [-0.3, -0.25) is 19.9 Å². The van der Waals surface area contributed by atoms with Crippen LogP contribution in [-0.2, 0) is 22.6 Å². The molecule has 4 rings (SSSR count). The molecule has 37 heavy (non-hydrogen) atoms. The molecule has 0 bridgehead atoms. The molecule has 0 aliphatic rings. The van der Waals surface area contributed by atoms with Gasteiger partial charge >= 0.3 is 5.97 Å². The smallest absolute Gasteiger partial charge is 0.305 e. The molecule has 0 radical (unpaired) electrons. The zero-order valence-electron chi connectivity index (χ0n) is 20.3. The van der Waals surface area contributed by atoms with E-state index >= 15 is 0 Å². The Kier molecular flexibility index (Phi) is 8.71. The first-order valence-corrected chi connectivity index (χ1v) is 12.7. The third kappa shape index (κ3) is 6.84. The Hall–Kier alpha value is -3.95. The number of hydrogen-bond acceptors (Lipinski definition) is 6. The minimum absolute atomic E-state index is 0.0395. The number of benzene rings is 3. The molecule has 7 nitrogen and oxygen atoms in total. The maximum Gasteiger partial charge on any atom is 0.305 e. The molecule has 0 spiro atoms. The summed E-state index contributed by atoms with van der Waals surface area (Å²) in [5, 5.41) is 18.4. The van der Waals surface area contributed by atoms with Crippen LogP contribution in [0.4, 0.5) is 15.8 Å². The quantitative estimate of drug-likeness (QED) is 0.140. The number of carbonyl (C=O) groups is 2. The molecule has 4 N–H and O–H groups in total. The summed E-state index contributed by atoms with van der Waals surface area (Å²) >= 11 is 1.69. The Bertz CT molecular complexity index is 1410. The van der Waals surface area contributed by atoms with Crippen LogP contribution in [0.2, 0.25) is 0 Å². The Morgan fingerprint density at radius 1 is 1.03 bits per heavy atom. The van der Waals surface area contributed by atoms with Crippen LogP contribution in [0.25, 0.3) is 10.1 Å². The van der Waals surface area contributed by atoms with Crippen LogP contribution in [0.15, 0.2) is 66.0 Å². The number of halogens is 1. The lowest BCUT2D eigenvalue weighted by molar-refractivity contribution is -0.137. The second kappa shape index (κ2) is 12.3. The number of aliphatic carboxylic acids is 1. The molecule has 0 aliphatic heterocycles. The van der Waals surface area contributed by atoms with E-state index in [-0.39, 0.29) is 31.3 Å². The first kappa shape index (κ1) is 26.1. The zero-order chi connectivity index (χ0) is 26.2. The van der Waals surface area contributed by atoms with Gasteiger partial charge in [-0.05, 0) is 65.7 Å². The molecular formula is C28H28FN3O4S. The van der Waals surface area contributed by atoms with E-state index in [0.29, 0.717) is 35.5 Å². The number of carboxylic acid groups (broad SMARTS) is 1. The summed E-state index contributed by atoms with van der Waals surface area (Å²) in [6.07, 6.45) is 0.210. The SMILES string of the molecule is Cc1cccc2scc(CNc3ccc(C(=O)NCCc4ccccc4F)cc3NOCCC(=O)O)c12. The molecule has 4 aromatic rings. The van der Waals surface area contributed by atoms with Gasteiger partial charge < -0.3 is 15.7 Å². The fourth-order valence-corrected chi connectivity index (χ4v) is 5.01. The van der Waals surface area contributed by atoms with Crippen LogP contribution in [0.5, 0.6) is 0 Å². The topological polar surface area (TPSA) is 99.7 Å². The van der Waals surface area contributed by atoms with Crippen molar-refractivity contribution in [3.8, 4) is 0 Å². The maximum absolute atomic E-state index is 13.8. The number of amides is 1. The largest absolute Gasteiger partial charge is 0.481 e. The van der Waals surface area contributed by atoms with Gasteiger partial charge in [0.1, 0.15) is 5.82 Å². The first-order valence-electron chi connectivity index (χ1n) is 11.9. The van der Waals surface area contributed by atoms with Crippen LogP contribution in [-0.4, -0.2) is 30.1 Å². The van der Waals surface area contributed by atoms with Crippen LogP contribution in [0.1, 0.15) is 33.5 Å². The second-order valence-electron chi connectivity index (χ2n) is 8.51. The second-order valence-corrected chi connectivity index (χ2v) is 9.43. The number of hydrogen-bond donors (Lipinski definition) is 4. The summed E-state index contributed by atoms with van der Waals surface area (Å²) in [6, 6.07) is 17.8. The van der Waals surface area contributed by atoms with Gasteiger partial charge in [0.25, 0.3) is 5.91 Å². The van der Waals surface area contributed by atoms with Gasteiger partial charge in [-0.2, -0.15) is 0 Å². The third-order valence-corrected chi connectivity index (χ3v) is 6.87. The van der Waals surface area contributed by atoms with Crippen molar-refractivity contribution in [1.29, 1.82) is 0 Å². The van der Waals surface area contributed by atoms with Crippen molar-refractivity contribution >= 4 is 44.7 Å². The fraction of sp³-hybridized carbons (Fsp3) is 0.214. The van der Waals surface area contributed by atoms with Crippen molar-refractivity contribution < 1.29 is 23.9 Å². The van der Waals surface area contributed by atoms with Crippen molar-refractivity contribution in [1.82, 2.24) is 5.32 Å². The van der Waals surface area contributed by atoms with Gasteiger partial charge in [-0.25, -0.2) is 4.39 Å². The van der Waals surface area contributed by atoms with E-state index in [1.807, 2.05) is 6.07 Å². The molecule has 1 amide bonds. The number of nitrogens with one attached hydrogen (secondary N) is 3. The molecule has 192 valence electrons. The highest BCUT2D eigenvalue weighted by Crippen LogP contribution is 2.31. The lowest BCUT2D eigenvalue weighted by Crippen LogP contribution is -2.26. The van der Waals surface area contributed by atoms with Gasteiger partial charge in [-0.1, -0.05) is 30.3 Å². The maximum atomic E-state index is 13.8. The summed E-state index contributed by atoms with van der Waals surface area (Å²) in [5.41, 5.74) is 7.27. The number of carboxylic acids is 1. The predicted molar refractivity (Wildman–Crippen MR) is 145 cm³/mol. The molecule has 0 atom stereocenters. The summed E-state index contributed by atoms with van der Waals surface area (Å²) < 4.78 is 15.1. The highest BCUT2D eigenvalue weighted by molar-refractivity contribution is 7.17.